The highest BCUT2D eigenvalue weighted by atomic mass is 35.5. The van der Waals surface area contributed by atoms with Gasteiger partial charge in [-0.05, 0) is 24.3 Å². The van der Waals surface area contributed by atoms with Crippen molar-refractivity contribution in [3.05, 3.63) is 94.5 Å². The number of nitrogens with one attached hydrogen (secondary N) is 1. The Bertz CT molecular complexity index is 1060. The van der Waals surface area contributed by atoms with E-state index >= 15 is 0 Å². The quantitative estimate of drug-likeness (QED) is 0.691. The second-order valence-corrected chi connectivity index (χ2v) is 6.25. The molecule has 0 spiro atoms. The van der Waals surface area contributed by atoms with Gasteiger partial charge in [0.05, 0.1) is 11.4 Å². The summed E-state index contributed by atoms with van der Waals surface area (Å²) in [6.07, 6.45) is 0. The Hall–Kier alpha value is -3.24. The molecule has 3 aromatic rings. The number of hydrogen-bond acceptors (Lipinski definition) is 3. The van der Waals surface area contributed by atoms with Gasteiger partial charge >= 0.3 is 0 Å². The lowest BCUT2D eigenvalue weighted by atomic mass is 10.0. The maximum Gasteiger partial charge on any atom is 0.275 e. The first-order valence-corrected chi connectivity index (χ1v) is 8.40. The van der Waals surface area contributed by atoms with Crippen LogP contribution in [-0.2, 0) is 4.79 Å². The average Bonchev–Trinajstić information content (AvgIpc) is 2.98. The van der Waals surface area contributed by atoms with Crippen LogP contribution < -0.4 is 5.32 Å². The Morgan fingerprint density at radius 3 is 2.46 bits per heavy atom. The van der Waals surface area contributed by atoms with Crippen molar-refractivity contribution in [2.75, 3.05) is 5.32 Å². The molecule has 126 valence electrons. The van der Waals surface area contributed by atoms with Gasteiger partial charge in [-0.3, -0.25) is 9.59 Å². The van der Waals surface area contributed by atoms with E-state index in [0.717, 1.165) is 0 Å². The second-order valence-electron chi connectivity index (χ2n) is 5.82. The number of halogens is 1. The summed E-state index contributed by atoms with van der Waals surface area (Å²) >= 11 is 6.09. The minimum atomic E-state index is -0.292. The lowest BCUT2D eigenvalue weighted by Crippen LogP contribution is -2.14. The molecule has 0 saturated heterocycles. The van der Waals surface area contributed by atoms with Crippen LogP contribution in [0.25, 0.3) is 0 Å². The molecule has 1 heterocycles. The molecule has 1 aliphatic rings. The van der Waals surface area contributed by atoms with Crippen molar-refractivity contribution in [3.8, 4) is 0 Å². The number of hydrogen-bond donors (Lipinski definition) is 1. The molecule has 0 unspecified atom stereocenters. The standard InChI is InChI=1S/C21H13ClN2O2/c22-14-10-11-18(16(12-14)20(25)13-6-2-1-3-7-13)23-19-15-8-4-5-9-17(15)24-21(19)26/h1-12H,(H,23,24,26). The predicted octanol–water partition coefficient (Wildman–Crippen LogP) is 4.64. The molecule has 0 atom stereocenters. The molecule has 1 aliphatic heterocycles. The summed E-state index contributed by atoms with van der Waals surface area (Å²) in [4.78, 5) is 29.7. The van der Waals surface area contributed by atoms with Gasteiger partial charge in [-0.2, -0.15) is 0 Å². The van der Waals surface area contributed by atoms with Crippen LogP contribution in [0.2, 0.25) is 5.02 Å². The first-order valence-electron chi connectivity index (χ1n) is 8.02. The number of ketones is 1. The Labute approximate surface area is 155 Å². The van der Waals surface area contributed by atoms with Crippen molar-refractivity contribution in [1.29, 1.82) is 0 Å². The molecule has 0 radical (unpaired) electrons. The monoisotopic (exact) mass is 360 g/mol. The normalized spacial score (nSPS) is 14.2. The van der Waals surface area contributed by atoms with Gasteiger partial charge in [0, 0.05) is 21.7 Å². The number of aliphatic imine (C=N–C) groups is 1. The summed E-state index contributed by atoms with van der Waals surface area (Å²) in [5.74, 6) is -0.488. The van der Waals surface area contributed by atoms with E-state index in [1.807, 2.05) is 30.3 Å². The number of fused-ring (bicyclic) bond motifs is 1. The molecular formula is C21H13ClN2O2. The molecule has 3 aromatic carbocycles. The first-order chi connectivity index (χ1) is 12.6. The lowest BCUT2D eigenvalue weighted by Gasteiger charge is -2.07. The second kappa shape index (κ2) is 6.58. The predicted molar refractivity (Wildman–Crippen MR) is 103 cm³/mol. The molecular weight excluding hydrogens is 348 g/mol. The van der Waals surface area contributed by atoms with Crippen LogP contribution in [0.5, 0.6) is 0 Å². The van der Waals surface area contributed by atoms with Crippen LogP contribution in [-0.4, -0.2) is 17.4 Å². The van der Waals surface area contributed by atoms with Gasteiger partial charge in [-0.15, -0.1) is 0 Å². The molecule has 0 aromatic heterocycles. The third-order valence-electron chi connectivity index (χ3n) is 4.12. The van der Waals surface area contributed by atoms with Gasteiger partial charge in [-0.25, -0.2) is 4.99 Å². The summed E-state index contributed by atoms with van der Waals surface area (Å²) in [5.41, 5.74) is 3.00. The highest BCUT2D eigenvalue weighted by molar-refractivity contribution is 6.54. The van der Waals surface area contributed by atoms with E-state index in [1.165, 1.54) is 0 Å². The summed E-state index contributed by atoms with van der Waals surface area (Å²) < 4.78 is 0. The smallest absolute Gasteiger partial charge is 0.275 e. The molecule has 1 amide bonds. The summed E-state index contributed by atoms with van der Waals surface area (Å²) in [7, 11) is 0. The van der Waals surface area contributed by atoms with E-state index < -0.39 is 0 Å². The van der Waals surface area contributed by atoms with E-state index in [-0.39, 0.29) is 17.4 Å². The largest absolute Gasteiger partial charge is 0.320 e. The van der Waals surface area contributed by atoms with Gasteiger partial charge in [0.1, 0.15) is 5.71 Å². The van der Waals surface area contributed by atoms with Gasteiger partial charge in [-0.1, -0.05) is 60.1 Å². The van der Waals surface area contributed by atoms with Crippen molar-refractivity contribution < 1.29 is 9.59 Å². The Kier molecular flexibility index (Phi) is 4.11. The molecule has 4 nitrogen and oxygen atoms in total. The number of carbonyl (C=O) groups is 2. The lowest BCUT2D eigenvalue weighted by molar-refractivity contribution is -0.110. The minimum Gasteiger partial charge on any atom is -0.320 e. The zero-order chi connectivity index (χ0) is 18.1. The maximum absolute atomic E-state index is 12.9. The van der Waals surface area contributed by atoms with Crippen LogP contribution in [0.3, 0.4) is 0 Å². The fourth-order valence-electron chi connectivity index (χ4n) is 2.87. The summed E-state index contributed by atoms with van der Waals surface area (Å²) in [5, 5.41) is 3.21. The van der Waals surface area contributed by atoms with Crippen LogP contribution in [0.15, 0.2) is 77.8 Å². The summed E-state index contributed by atoms with van der Waals surface area (Å²) in [6.45, 7) is 0. The number of anilines is 1. The highest BCUT2D eigenvalue weighted by Crippen LogP contribution is 2.30. The topological polar surface area (TPSA) is 58.5 Å². The number of benzene rings is 3. The van der Waals surface area contributed by atoms with E-state index in [0.29, 0.717) is 33.1 Å². The molecule has 4 rings (SSSR count). The van der Waals surface area contributed by atoms with Crippen molar-refractivity contribution in [3.63, 3.8) is 0 Å². The minimum absolute atomic E-state index is 0.195. The number of para-hydroxylation sites is 1. The van der Waals surface area contributed by atoms with Crippen LogP contribution in [0.4, 0.5) is 11.4 Å². The van der Waals surface area contributed by atoms with Crippen molar-refractivity contribution >= 4 is 40.4 Å². The van der Waals surface area contributed by atoms with Crippen LogP contribution >= 0.6 is 11.6 Å². The van der Waals surface area contributed by atoms with E-state index in [2.05, 4.69) is 10.3 Å². The Morgan fingerprint density at radius 1 is 0.923 bits per heavy atom. The first kappa shape index (κ1) is 16.2. The SMILES string of the molecule is O=C1Nc2ccccc2C1=Nc1ccc(Cl)cc1C(=O)c1ccccc1. The molecule has 0 aliphatic carbocycles. The van der Waals surface area contributed by atoms with Crippen LogP contribution in [0.1, 0.15) is 21.5 Å². The Balaban J connectivity index is 1.84. The third kappa shape index (κ3) is 2.91. The summed E-state index contributed by atoms with van der Waals surface area (Å²) in [6, 6.07) is 21.1. The number of nitrogens with zero attached hydrogens (tertiary/aromatic N) is 1. The molecule has 0 bridgehead atoms. The van der Waals surface area contributed by atoms with Gasteiger partial charge < -0.3 is 5.32 Å². The molecule has 0 fully saturated rings. The molecule has 0 saturated carbocycles. The van der Waals surface area contributed by atoms with Crippen molar-refractivity contribution in [1.82, 2.24) is 0 Å². The Morgan fingerprint density at radius 2 is 1.65 bits per heavy atom. The van der Waals surface area contributed by atoms with Crippen molar-refractivity contribution in [2.24, 2.45) is 4.99 Å². The molecule has 5 heteroatoms. The van der Waals surface area contributed by atoms with Gasteiger partial charge in [0.15, 0.2) is 5.78 Å². The number of rotatable bonds is 3. The molecule has 1 N–H and O–H groups in total. The highest BCUT2D eigenvalue weighted by Gasteiger charge is 2.26. The number of carbonyl (C=O) groups excluding carboxylic acids is 2. The molecule has 26 heavy (non-hydrogen) atoms. The zero-order valence-corrected chi connectivity index (χ0v) is 14.3. The average molecular weight is 361 g/mol. The zero-order valence-electron chi connectivity index (χ0n) is 13.6. The maximum atomic E-state index is 12.9. The fraction of sp³-hybridized carbons (Fsp3) is 0. The fourth-order valence-corrected chi connectivity index (χ4v) is 3.04. The van der Waals surface area contributed by atoms with E-state index in [1.54, 1.807) is 42.5 Å². The van der Waals surface area contributed by atoms with Crippen LogP contribution in [0, 0.1) is 0 Å². The number of amides is 1. The van der Waals surface area contributed by atoms with Gasteiger partial charge in [0.25, 0.3) is 5.91 Å². The van der Waals surface area contributed by atoms with Crippen molar-refractivity contribution in [2.45, 2.75) is 0 Å². The van der Waals surface area contributed by atoms with E-state index in [9.17, 15) is 9.59 Å². The third-order valence-corrected chi connectivity index (χ3v) is 4.35. The van der Waals surface area contributed by atoms with Gasteiger partial charge in [0.2, 0.25) is 0 Å². The van der Waals surface area contributed by atoms with E-state index in [4.69, 9.17) is 11.6 Å².